The zero-order valence-electron chi connectivity index (χ0n) is 17.1. The molecule has 0 aliphatic rings. The fraction of sp³-hybridized carbons (Fsp3) is 0.238. The fourth-order valence-electron chi connectivity index (χ4n) is 3.08. The average Bonchev–Trinajstić information content (AvgIpc) is 2.71. The first-order valence-electron chi connectivity index (χ1n) is 9.26. The van der Waals surface area contributed by atoms with E-state index in [4.69, 9.17) is 0 Å². The molecule has 0 spiro atoms. The molecule has 2 heterocycles. The molecule has 31 heavy (non-hydrogen) atoms. The normalized spacial score (nSPS) is 11.3. The number of anilines is 1. The van der Waals surface area contributed by atoms with Crippen LogP contribution in [0.4, 0.5) is 19.0 Å². The number of hydrogen-bond acceptors (Lipinski definition) is 5. The quantitative estimate of drug-likeness (QED) is 0.672. The van der Waals surface area contributed by atoms with Crippen LogP contribution in [0, 0.1) is 6.92 Å². The van der Waals surface area contributed by atoms with Gasteiger partial charge in [0.2, 0.25) is 5.43 Å². The predicted molar refractivity (Wildman–Crippen MR) is 109 cm³/mol. The molecule has 3 aromatic rings. The van der Waals surface area contributed by atoms with Crippen LogP contribution < -0.4 is 15.6 Å². The molecule has 1 amide bonds. The summed E-state index contributed by atoms with van der Waals surface area (Å²) in [6.45, 7) is 1.51. The number of hydrogen-bond donors (Lipinski definition) is 1. The molecule has 10 heteroatoms. The number of nitrogens with one attached hydrogen (secondary N) is 1. The van der Waals surface area contributed by atoms with Crippen molar-refractivity contribution in [2.45, 2.75) is 19.6 Å². The highest BCUT2D eigenvalue weighted by atomic mass is 19.4. The van der Waals surface area contributed by atoms with Gasteiger partial charge in [0.25, 0.3) is 5.91 Å². The van der Waals surface area contributed by atoms with Crippen LogP contribution in [0.3, 0.4) is 0 Å². The van der Waals surface area contributed by atoms with Gasteiger partial charge in [-0.2, -0.15) is 18.3 Å². The summed E-state index contributed by atoms with van der Waals surface area (Å²) in [5.41, 5.74) is -1.51. The molecule has 0 aliphatic carbocycles. The second-order valence-corrected chi connectivity index (χ2v) is 6.99. The number of para-hydroxylation sites is 1. The van der Waals surface area contributed by atoms with Gasteiger partial charge >= 0.3 is 6.18 Å². The van der Waals surface area contributed by atoms with E-state index in [1.54, 1.807) is 37.3 Å². The van der Waals surface area contributed by atoms with Crippen molar-refractivity contribution in [1.29, 1.82) is 0 Å². The highest BCUT2D eigenvalue weighted by Crippen LogP contribution is 2.33. The number of pyridine rings is 1. The van der Waals surface area contributed by atoms with Gasteiger partial charge in [0.1, 0.15) is 5.82 Å². The maximum atomic E-state index is 13.4. The SMILES string of the molecule is Cc1cc(=O)c(C(=O)NCc2cccnc2N(C)C)nn1-c1ccccc1C(F)(F)F. The topological polar surface area (TPSA) is 80.1 Å². The summed E-state index contributed by atoms with van der Waals surface area (Å²) in [6.07, 6.45) is -3.02. The Labute approximate surface area is 176 Å². The lowest BCUT2D eigenvalue weighted by Gasteiger charge is -2.17. The zero-order chi connectivity index (χ0) is 22.8. The maximum absolute atomic E-state index is 13.4. The van der Waals surface area contributed by atoms with Gasteiger partial charge in [-0.3, -0.25) is 9.59 Å². The van der Waals surface area contributed by atoms with Crippen molar-refractivity contribution < 1.29 is 18.0 Å². The molecule has 0 bridgehead atoms. The van der Waals surface area contributed by atoms with Crippen molar-refractivity contribution in [2.75, 3.05) is 19.0 Å². The Morgan fingerprint density at radius 3 is 2.55 bits per heavy atom. The Kier molecular flexibility index (Phi) is 6.09. The molecule has 0 fully saturated rings. The molecule has 0 unspecified atom stereocenters. The average molecular weight is 431 g/mol. The minimum atomic E-state index is -4.63. The number of aryl methyl sites for hydroxylation is 1. The number of alkyl halides is 3. The second kappa shape index (κ2) is 8.58. The first kappa shape index (κ1) is 22.0. The Morgan fingerprint density at radius 1 is 1.16 bits per heavy atom. The van der Waals surface area contributed by atoms with Crippen LogP contribution >= 0.6 is 0 Å². The highest BCUT2D eigenvalue weighted by molar-refractivity contribution is 5.92. The predicted octanol–water partition coefficient (Wildman–Crippen LogP) is 2.95. The lowest BCUT2D eigenvalue weighted by Crippen LogP contribution is -2.32. The summed E-state index contributed by atoms with van der Waals surface area (Å²) in [7, 11) is 3.60. The van der Waals surface area contributed by atoms with Crippen LogP contribution in [0.1, 0.15) is 27.3 Å². The van der Waals surface area contributed by atoms with Crippen LogP contribution in [-0.4, -0.2) is 34.8 Å². The summed E-state index contributed by atoms with van der Waals surface area (Å²) in [5, 5.41) is 6.54. The molecule has 0 radical (unpaired) electrons. The molecule has 1 aromatic carbocycles. The first-order chi connectivity index (χ1) is 14.6. The smallest absolute Gasteiger partial charge is 0.362 e. The third-order valence-electron chi connectivity index (χ3n) is 4.49. The van der Waals surface area contributed by atoms with E-state index in [1.165, 1.54) is 25.1 Å². The fourth-order valence-corrected chi connectivity index (χ4v) is 3.08. The van der Waals surface area contributed by atoms with E-state index in [0.29, 0.717) is 11.4 Å². The minimum absolute atomic E-state index is 0.0638. The van der Waals surface area contributed by atoms with Crippen molar-refractivity contribution in [3.05, 3.63) is 81.4 Å². The number of halogens is 3. The van der Waals surface area contributed by atoms with Crippen molar-refractivity contribution in [1.82, 2.24) is 20.1 Å². The molecule has 162 valence electrons. The van der Waals surface area contributed by atoms with Gasteiger partial charge in [-0.15, -0.1) is 0 Å². The summed E-state index contributed by atoms with van der Waals surface area (Å²) < 4.78 is 41.2. The highest BCUT2D eigenvalue weighted by Gasteiger charge is 2.34. The molecular weight excluding hydrogens is 411 g/mol. The van der Waals surface area contributed by atoms with E-state index in [1.807, 2.05) is 0 Å². The lowest BCUT2D eigenvalue weighted by molar-refractivity contribution is -0.137. The summed E-state index contributed by atoms with van der Waals surface area (Å²) in [6, 6.07) is 9.39. The number of amides is 1. The van der Waals surface area contributed by atoms with Gasteiger partial charge in [-0.05, 0) is 25.1 Å². The number of aromatic nitrogens is 3. The summed E-state index contributed by atoms with van der Waals surface area (Å²) in [4.78, 5) is 31.0. The Morgan fingerprint density at radius 2 is 1.87 bits per heavy atom. The monoisotopic (exact) mass is 431 g/mol. The molecule has 0 saturated carbocycles. The van der Waals surface area contributed by atoms with Gasteiger partial charge < -0.3 is 10.2 Å². The number of rotatable bonds is 5. The van der Waals surface area contributed by atoms with Gasteiger partial charge in [0.15, 0.2) is 5.69 Å². The second-order valence-electron chi connectivity index (χ2n) is 6.99. The molecule has 2 aromatic heterocycles. The van der Waals surface area contributed by atoms with Gasteiger partial charge in [0.05, 0.1) is 11.3 Å². The van der Waals surface area contributed by atoms with Crippen LogP contribution in [0.5, 0.6) is 0 Å². The third kappa shape index (κ3) is 4.73. The molecular formula is C21H20F3N5O2. The molecule has 0 atom stereocenters. The largest absolute Gasteiger partial charge is 0.418 e. The van der Waals surface area contributed by atoms with Crippen LogP contribution in [0.15, 0.2) is 53.5 Å². The van der Waals surface area contributed by atoms with Crippen molar-refractivity contribution in [2.24, 2.45) is 0 Å². The lowest BCUT2D eigenvalue weighted by atomic mass is 10.1. The molecule has 3 rings (SSSR count). The molecule has 7 nitrogen and oxygen atoms in total. The molecule has 1 N–H and O–H groups in total. The first-order valence-corrected chi connectivity index (χ1v) is 9.26. The van der Waals surface area contributed by atoms with E-state index in [0.717, 1.165) is 16.8 Å². The van der Waals surface area contributed by atoms with Crippen molar-refractivity contribution >= 4 is 11.7 Å². The van der Waals surface area contributed by atoms with E-state index in [-0.39, 0.29) is 17.9 Å². The number of carbonyl (C=O) groups excluding carboxylic acids is 1. The van der Waals surface area contributed by atoms with Gasteiger partial charge in [0, 0.05) is 44.2 Å². The molecule has 0 aliphatic heterocycles. The summed E-state index contributed by atoms with van der Waals surface area (Å²) in [5.74, 6) is -0.159. The summed E-state index contributed by atoms with van der Waals surface area (Å²) >= 11 is 0. The van der Waals surface area contributed by atoms with Crippen LogP contribution in [-0.2, 0) is 12.7 Å². The zero-order valence-corrected chi connectivity index (χ0v) is 17.1. The Hall–Kier alpha value is -3.69. The number of carbonyl (C=O) groups is 1. The van der Waals surface area contributed by atoms with Crippen molar-refractivity contribution in [3.8, 4) is 5.69 Å². The number of benzene rings is 1. The van der Waals surface area contributed by atoms with Gasteiger partial charge in [-0.25, -0.2) is 9.67 Å². The maximum Gasteiger partial charge on any atom is 0.418 e. The third-order valence-corrected chi connectivity index (χ3v) is 4.49. The number of nitrogens with zero attached hydrogens (tertiary/aromatic N) is 4. The standard InChI is InChI=1S/C21H20F3N5O2/c1-13-11-17(30)18(20(31)26-12-14-7-6-10-25-19(14)28(2)3)27-29(13)16-9-5-4-8-15(16)21(22,23)24/h4-11H,12H2,1-3H3,(H,26,31). The molecule has 0 saturated heterocycles. The van der Waals surface area contributed by atoms with Crippen LogP contribution in [0.2, 0.25) is 0 Å². The van der Waals surface area contributed by atoms with E-state index in [9.17, 15) is 22.8 Å². The Bertz CT molecular complexity index is 1170. The van der Waals surface area contributed by atoms with Gasteiger partial charge in [-0.1, -0.05) is 18.2 Å². The van der Waals surface area contributed by atoms with Crippen LogP contribution in [0.25, 0.3) is 5.69 Å². The van der Waals surface area contributed by atoms with E-state index in [2.05, 4.69) is 15.4 Å². The minimum Gasteiger partial charge on any atom is -0.362 e. The van der Waals surface area contributed by atoms with E-state index < -0.39 is 28.8 Å². The Balaban J connectivity index is 1.96. The van der Waals surface area contributed by atoms with Crippen molar-refractivity contribution in [3.63, 3.8) is 0 Å². The van der Waals surface area contributed by atoms with E-state index >= 15 is 0 Å².